The van der Waals surface area contributed by atoms with Gasteiger partial charge in [0.1, 0.15) is 5.82 Å². The first-order valence-electron chi connectivity index (χ1n) is 9.73. The molecule has 0 aliphatic carbocycles. The Hall–Kier alpha value is -1.86. The lowest BCUT2D eigenvalue weighted by Crippen LogP contribution is -2.32. The van der Waals surface area contributed by atoms with Crippen molar-refractivity contribution in [2.24, 2.45) is 0 Å². The van der Waals surface area contributed by atoms with Gasteiger partial charge in [0.25, 0.3) is 0 Å². The Morgan fingerprint density at radius 2 is 2.15 bits per heavy atom. The Labute approximate surface area is 165 Å². The fourth-order valence-corrected chi connectivity index (χ4v) is 3.99. The van der Waals surface area contributed by atoms with Crippen LogP contribution in [0.15, 0.2) is 35.5 Å². The fourth-order valence-electron chi connectivity index (χ4n) is 3.17. The van der Waals surface area contributed by atoms with Gasteiger partial charge in [0.2, 0.25) is 5.91 Å². The standard InChI is InChI=1S/C20H28N4O2S/c1-2-12-24-18(11-10-16-7-4-3-5-8-16)22-23-20(24)27-15-19(25)21-14-17-9-6-13-26-17/h3-5,7-8,17H,2,6,9-15H2,1H3,(H,21,25)/t17-/m0/s1. The average Bonchev–Trinajstić information content (AvgIpc) is 3.34. The molecule has 27 heavy (non-hydrogen) atoms. The van der Waals surface area contributed by atoms with Crippen LogP contribution in [0.3, 0.4) is 0 Å². The molecule has 1 fully saturated rings. The van der Waals surface area contributed by atoms with Crippen molar-refractivity contribution in [3.63, 3.8) is 0 Å². The molecule has 1 atom stereocenters. The van der Waals surface area contributed by atoms with Gasteiger partial charge in [-0.1, -0.05) is 49.0 Å². The summed E-state index contributed by atoms with van der Waals surface area (Å²) in [4.78, 5) is 12.1. The van der Waals surface area contributed by atoms with E-state index in [0.717, 1.165) is 56.2 Å². The van der Waals surface area contributed by atoms with E-state index in [-0.39, 0.29) is 12.0 Å². The van der Waals surface area contributed by atoms with E-state index in [4.69, 9.17) is 4.74 Å². The number of aryl methyl sites for hydroxylation is 2. The lowest BCUT2D eigenvalue weighted by molar-refractivity contribution is -0.119. The predicted octanol–water partition coefficient (Wildman–Crippen LogP) is 2.86. The normalized spacial score (nSPS) is 16.6. The van der Waals surface area contributed by atoms with E-state index in [9.17, 15) is 4.79 Å². The number of carbonyl (C=O) groups is 1. The van der Waals surface area contributed by atoms with Crippen molar-refractivity contribution in [1.82, 2.24) is 20.1 Å². The lowest BCUT2D eigenvalue weighted by atomic mass is 10.1. The van der Waals surface area contributed by atoms with Crippen LogP contribution in [0.25, 0.3) is 0 Å². The summed E-state index contributed by atoms with van der Waals surface area (Å²) in [5.74, 6) is 1.36. The zero-order valence-corrected chi connectivity index (χ0v) is 16.7. The number of benzene rings is 1. The molecular formula is C20H28N4O2S. The molecule has 1 saturated heterocycles. The maximum atomic E-state index is 12.1. The summed E-state index contributed by atoms with van der Waals surface area (Å²) < 4.78 is 7.69. The first-order chi connectivity index (χ1) is 13.3. The summed E-state index contributed by atoms with van der Waals surface area (Å²) >= 11 is 1.46. The minimum absolute atomic E-state index is 0.0207. The van der Waals surface area contributed by atoms with E-state index in [1.807, 2.05) is 6.07 Å². The third-order valence-corrected chi connectivity index (χ3v) is 5.57. The van der Waals surface area contributed by atoms with Crippen molar-refractivity contribution in [2.45, 2.75) is 56.8 Å². The second-order valence-electron chi connectivity index (χ2n) is 6.76. The summed E-state index contributed by atoms with van der Waals surface area (Å²) in [5.41, 5.74) is 1.30. The van der Waals surface area contributed by atoms with Crippen molar-refractivity contribution in [3.05, 3.63) is 41.7 Å². The minimum atomic E-state index is 0.0207. The van der Waals surface area contributed by atoms with E-state index in [0.29, 0.717) is 12.3 Å². The summed E-state index contributed by atoms with van der Waals surface area (Å²) in [6.45, 7) is 4.42. The Morgan fingerprint density at radius 1 is 1.30 bits per heavy atom. The molecule has 0 unspecified atom stereocenters. The van der Waals surface area contributed by atoms with Gasteiger partial charge in [0.05, 0.1) is 11.9 Å². The third-order valence-electron chi connectivity index (χ3n) is 4.60. The maximum absolute atomic E-state index is 12.1. The molecule has 2 heterocycles. The molecule has 2 aromatic rings. The van der Waals surface area contributed by atoms with E-state index in [1.165, 1.54) is 17.3 Å². The van der Waals surface area contributed by atoms with Crippen LogP contribution >= 0.6 is 11.8 Å². The molecule has 0 saturated carbocycles. The molecule has 1 aliphatic rings. The molecule has 7 heteroatoms. The summed E-state index contributed by atoms with van der Waals surface area (Å²) in [6, 6.07) is 10.4. The average molecular weight is 389 g/mol. The monoisotopic (exact) mass is 388 g/mol. The number of nitrogens with zero attached hydrogens (tertiary/aromatic N) is 3. The topological polar surface area (TPSA) is 69.0 Å². The number of hydrogen-bond donors (Lipinski definition) is 1. The zero-order valence-electron chi connectivity index (χ0n) is 15.9. The van der Waals surface area contributed by atoms with Crippen LogP contribution in [0.4, 0.5) is 0 Å². The van der Waals surface area contributed by atoms with E-state index in [2.05, 4.69) is 51.3 Å². The first kappa shape index (κ1) is 19.9. The van der Waals surface area contributed by atoms with Gasteiger partial charge in [-0.2, -0.15) is 0 Å². The van der Waals surface area contributed by atoms with Gasteiger partial charge in [-0.05, 0) is 31.2 Å². The van der Waals surface area contributed by atoms with Crippen LogP contribution in [0.1, 0.15) is 37.6 Å². The van der Waals surface area contributed by atoms with Gasteiger partial charge in [-0.3, -0.25) is 4.79 Å². The van der Waals surface area contributed by atoms with E-state index in [1.54, 1.807) is 0 Å². The Morgan fingerprint density at radius 3 is 2.89 bits per heavy atom. The molecule has 146 valence electrons. The Kier molecular flexibility index (Phi) is 7.71. The number of amides is 1. The first-order valence-corrected chi connectivity index (χ1v) is 10.7. The number of rotatable bonds is 10. The molecule has 1 N–H and O–H groups in total. The highest BCUT2D eigenvalue weighted by Gasteiger charge is 2.17. The number of thioether (sulfide) groups is 1. The highest BCUT2D eigenvalue weighted by Crippen LogP contribution is 2.19. The van der Waals surface area contributed by atoms with Crippen molar-refractivity contribution in [3.8, 4) is 0 Å². The summed E-state index contributed by atoms with van der Waals surface area (Å²) in [7, 11) is 0. The number of aromatic nitrogens is 3. The minimum Gasteiger partial charge on any atom is -0.376 e. The van der Waals surface area contributed by atoms with Crippen molar-refractivity contribution >= 4 is 17.7 Å². The predicted molar refractivity (Wildman–Crippen MR) is 107 cm³/mol. The quantitative estimate of drug-likeness (QED) is 0.634. The molecule has 0 radical (unpaired) electrons. The van der Waals surface area contributed by atoms with Crippen LogP contribution in [0.2, 0.25) is 0 Å². The fraction of sp³-hybridized carbons (Fsp3) is 0.550. The smallest absolute Gasteiger partial charge is 0.230 e. The summed E-state index contributed by atoms with van der Waals surface area (Å²) in [6.07, 6.45) is 5.09. The molecule has 1 aromatic carbocycles. The molecular weight excluding hydrogens is 360 g/mol. The van der Waals surface area contributed by atoms with E-state index < -0.39 is 0 Å². The SMILES string of the molecule is CCCn1c(CCc2ccccc2)nnc1SCC(=O)NC[C@@H]1CCCO1. The molecule has 3 rings (SSSR count). The zero-order chi connectivity index (χ0) is 18.9. The number of ether oxygens (including phenoxy) is 1. The van der Waals surface area contributed by atoms with Gasteiger partial charge in [-0.15, -0.1) is 10.2 Å². The highest BCUT2D eigenvalue weighted by molar-refractivity contribution is 7.99. The van der Waals surface area contributed by atoms with Crippen molar-refractivity contribution in [2.75, 3.05) is 18.9 Å². The van der Waals surface area contributed by atoms with Crippen LogP contribution in [0.5, 0.6) is 0 Å². The van der Waals surface area contributed by atoms with Crippen LogP contribution < -0.4 is 5.32 Å². The maximum Gasteiger partial charge on any atom is 0.230 e. The third kappa shape index (κ3) is 6.07. The van der Waals surface area contributed by atoms with Gasteiger partial charge in [0, 0.05) is 26.1 Å². The molecule has 0 spiro atoms. The molecule has 1 amide bonds. The molecule has 6 nitrogen and oxygen atoms in total. The summed E-state index contributed by atoms with van der Waals surface area (Å²) in [5, 5.41) is 12.5. The Balaban J connectivity index is 1.51. The van der Waals surface area contributed by atoms with Crippen LogP contribution in [-0.4, -0.2) is 45.7 Å². The second kappa shape index (κ2) is 10.5. The number of carbonyl (C=O) groups excluding carboxylic acids is 1. The van der Waals surface area contributed by atoms with Gasteiger partial charge in [0.15, 0.2) is 5.16 Å². The van der Waals surface area contributed by atoms with Crippen molar-refractivity contribution in [1.29, 1.82) is 0 Å². The van der Waals surface area contributed by atoms with Gasteiger partial charge < -0.3 is 14.6 Å². The van der Waals surface area contributed by atoms with Crippen molar-refractivity contribution < 1.29 is 9.53 Å². The van der Waals surface area contributed by atoms with Gasteiger partial charge in [-0.25, -0.2) is 0 Å². The second-order valence-corrected chi connectivity index (χ2v) is 7.71. The molecule has 0 bridgehead atoms. The molecule has 1 aliphatic heterocycles. The highest BCUT2D eigenvalue weighted by atomic mass is 32.2. The Bertz CT molecular complexity index is 714. The molecule has 1 aromatic heterocycles. The number of hydrogen-bond acceptors (Lipinski definition) is 5. The lowest BCUT2D eigenvalue weighted by Gasteiger charge is -2.11. The van der Waals surface area contributed by atoms with Gasteiger partial charge >= 0.3 is 0 Å². The number of nitrogens with one attached hydrogen (secondary N) is 1. The largest absolute Gasteiger partial charge is 0.376 e. The van der Waals surface area contributed by atoms with Crippen LogP contribution in [0, 0.1) is 0 Å². The van der Waals surface area contributed by atoms with Crippen LogP contribution in [-0.2, 0) is 28.9 Å². The van der Waals surface area contributed by atoms with E-state index >= 15 is 0 Å².